The first-order chi connectivity index (χ1) is 9.88. The second-order valence-corrected chi connectivity index (χ2v) is 7.82. The number of carbonyl (C=O) groups excluding carboxylic acids is 1. The third-order valence-electron chi connectivity index (χ3n) is 4.09. The average Bonchev–Trinajstić information content (AvgIpc) is 2.78. The molecule has 0 aliphatic carbocycles. The smallest absolute Gasteiger partial charge is 0.265 e. The van der Waals surface area contributed by atoms with Crippen molar-refractivity contribution in [1.82, 2.24) is 9.88 Å². The molecule has 1 aromatic rings. The molecule has 2 rings (SSSR count). The van der Waals surface area contributed by atoms with Crippen LogP contribution in [0.5, 0.6) is 0 Å². The largest absolute Gasteiger partial charge is 0.338 e. The summed E-state index contributed by atoms with van der Waals surface area (Å²) < 4.78 is 0. The van der Waals surface area contributed by atoms with Gasteiger partial charge in [-0.25, -0.2) is 4.98 Å². The van der Waals surface area contributed by atoms with Crippen LogP contribution in [0.15, 0.2) is 0 Å². The Balaban J connectivity index is 2.15. The summed E-state index contributed by atoms with van der Waals surface area (Å²) >= 11 is 1.53. The lowest BCUT2D eigenvalue weighted by molar-refractivity contribution is 0.0664. The fourth-order valence-corrected chi connectivity index (χ4v) is 3.84. The van der Waals surface area contributed by atoms with Crippen LogP contribution in [-0.4, -0.2) is 34.9 Å². The van der Waals surface area contributed by atoms with E-state index in [-0.39, 0.29) is 11.9 Å². The van der Waals surface area contributed by atoms with E-state index in [0.717, 1.165) is 47.9 Å². The van der Waals surface area contributed by atoms with Crippen molar-refractivity contribution >= 4 is 17.2 Å². The molecule has 1 aromatic heterocycles. The minimum atomic E-state index is 0.152. The summed E-state index contributed by atoms with van der Waals surface area (Å²) in [6, 6.07) is 0.152. The first-order valence-corrected chi connectivity index (χ1v) is 8.71. The Labute approximate surface area is 131 Å². The van der Waals surface area contributed by atoms with Crippen LogP contribution in [0.3, 0.4) is 0 Å². The Morgan fingerprint density at radius 2 is 2.19 bits per heavy atom. The number of nitrogens with zero attached hydrogens (tertiary/aromatic N) is 2. The van der Waals surface area contributed by atoms with Crippen molar-refractivity contribution in [2.45, 2.75) is 53.0 Å². The van der Waals surface area contributed by atoms with Gasteiger partial charge in [0.1, 0.15) is 4.88 Å². The van der Waals surface area contributed by atoms with E-state index in [1.54, 1.807) is 0 Å². The van der Waals surface area contributed by atoms with Gasteiger partial charge in [0.2, 0.25) is 0 Å². The predicted octanol–water partition coefficient (Wildman–Crippen LogP) is 2.85. The van der Waals surface area contributed by atoms with Crippen LogP contribution in [0, 0.1) is 18.8 Å². The van der Waals surface area contributed by atoms with Gasteiger partial charge < -0.3 is 10.6 Å². The van der Waals surface area contributed by atoms with Crippen molar-refractivity contribution in [1.29, 1.82) is 0 Å². The number of thiazole rings is 1. The van der Waals surface area contributed by atoms with Crippen LogP contribution in [-0.2, 0) is 6.42 Å². The third-order valence-corrected chi connectivity index (χ3v) is 5.09. The quantitative estimate of drug-likeness (QED) is 0.930. The molecule has 2 atom stereocenters. The highest BCUT2D eigenvalue weighted by Crippen LogP contribution is 2.26. The minimum Gasteiger partial charge on any atom is -0.338 e. The average molecular weight is 309 g/mol. The Hall–Kier alpha value is -0.940. The molecule has 4 nitrogen and oxygen atoms in total. The zero-order valence-corrected chi connectivity index (χ0v) is 14.4. The zero-order valence-electron chi connectivity index (χ0n) is 13.6. The molecule has 2 unspecified atom stereocenters. The highest BCUT2D eigenvalue weighted by atomic mass is 32.1. The van der Waals surface area contributed by atoms with Gasteiger partial charge in [0.05, 0.1) is 10.7 Å². The normalized spacial score (nSPS) is 20.9. The van der Waals surface area contributed by atoms with Crippen LogP contribution < -0.4 is 5.73 Å². The molecule has 118 valence electrons. The number of rotatable bonds is 4. The number of amides is 1. The fraction of sp³-hybridized carbons (Fsp3) is 0.750. The first-order valence-electron chi connectivity index (χ1n) is 7.89. The lowest BCUT2D eigenvalue weighted by Gasteiger charge is -2.34. The lowest BCUT2D eigenvalue weighted by Crippen LogP contribution is -2.45. The van der Waals surface area contributed by atoms with Crippen molar-refractivity contribution in [3.8, 4) is 0 Å². The first kappa shape index (κ1) is 16.4. The summed E-state index contributed by atoms with van der Waals surface area (Å²) in [6.45, 7) is 9.98. The SMILES string of the molecule is Cc1nc(CC(C)C)c(C(=O)N2CCCC(C(C)N)C2)s1. The Morgan fingerprint density at radius 3 is 2.81 bits per heavy atom. The maximum absolute atomic E-state index is 12.8. The molecule has 0 aromatic carbocycles. The predicted molar refractivity (Wildman–Crippen MR) is 87.7 cm³/mol. The summed E-state index contributed by atoms with van der Waals surface area (Å²) in [5.74, 6) is 1.09. The van der Waals surface area contributed by atoms with Gasteiger partial charge in [0.25, 0.3) is 5.91 Å². The van der Waals surface area contributed by atoms with Gasteiger partial charge in [-0.15, -0.1) is 11.3 Å². The van der Waals surface area contributed by atoms with Gasteiger partial charge >= 0.3 is 0 Å². The monoisotopic (exact) mass is 309 g/mol. The number of nitrogens with two attached hydrogens (primary N) is 1. The van der Waals surface area contributed by atoms with Crippen LogP contribution in [0.2, 0.25) is 0 Å². The Bertz CT molecular complexity index is 496. The molecular formula is C16H27N3OS. The molecule has 0 bridgehead atoms. The van der Waals surface area contributed by atoms with E-state index in [1.807, 2.05) is 18.7 Å². The number of hydrogen-bond donors (Lipinski definition) is 1. The number of aromatic nitrogens is 1. The van der Waals surface area contributed by atoms with Crippen LogP contribution in [0.4, 0.5) is 0 Å². The van der Waals surface area contributed by atoms with Gasteiger partial charge in [-0.1, -0.05) is 13.8 Å². The van der Waals surface area contributed by atoms with E-state index >= 15 is 0 Å². The fourth-order valence-electron chi connectivity index (χ4n) is 2.93. The second kappa shape index (κ2) is 6.88. The number of aryl methyl sites for hydroxylation is 1. The van der Waals surface area contributed by atoms with Gasteiger partial charge in [0, 0.05) is 19.1 Å². The molecule has 1 amide bonds. The Morgan fingerprint density at radius 1 is 1.48 bits per heavy atom. The lowest BCUT2D eigenvalue weighted by atomic mass is 9.92. The zero-order chi connectivity index (χ0) is 15.6. The molecule has 1 aliphatic rings. The molecule has 1 saturated heterocycles. The molecule has 2 heterocycles. The molecule has 0 radical (unpaired) electrons. The van der Waals surface area contributed by atoms with E-state index in [2.05, 4.69) is 18.8 Å². The third kappa shape index (κ3) is 4.04. The van der Waals surface area contributed by atoms with Crippen molar-refractivity contribution < 1.29 is 4.79 Å². The molecule has 21 heavy (non-hydrogen) atoms. The van der Waals surface area contributed by atoms with E-state index in [4.69, 9.17) is 5.73 Å². The topological polar surface area (TPSA) is 59.2 Å². The number of piperidine rings is 1. The maximum atomic E-state index is 12.8. The van der Waals surface area contributed by atoms with Gasteiger partial charge in [-0.3, -0.25) is 4.79 Å². The molecule has 1 aliphatic heterocycles. The van der Waals surface area contributed by atoms with E-state index in [9.17, 15) is 4.79 Å². The minimum absolute atomic E-state index is 0.152. The van der Waals surface area contributed by atoms with E-state index in [1.165, 1.54) is 11.3 Å². The van der Waals surface area contributed by atoms with Crippen molar-refractivity contribution in [2.75, 3.05) is 13.1 Å². The highest BCUT2D eigenvalue weighted by molar-refractivity contribution is 7.13. The molecule has 2 N–H and O–H groups in total. The van der Waals surface area contributed by atoms with Gasteiger partial charge in [0.15, 0.2) is 0 Å². The van der Waals surface area contributed by atoms with Crippen molar-refractivity contribution in [3.63, 3.8) is 0 Å². The summed E-state index contributed by atoms with van der Waals surface area (Å²) in [5.41, 5.74) is 6.99. The summed E-state index contributed by atoms with van der Waals surface area (Å²) in [7, 11) is 0. The van der Waals surface area contributed by atoms with Gasteiger partial charge in [-0.2, -0.15) is 0 Å². The summed E-state index contributed by atoms with van der Waals surface area (Å²) in [5, 5.41) is 0.981. The maximum Gasteiger partial charge on any atom is 0.265 e. The number of hydrogen-bond acceptors (Lipinski definition) is 4. The number of likely N-dealkylation sites (tertiary alicyclic amines) is 1. The van der Waals surface area contributed by atoms with Crippen LogP contribution >= 0.6 is 11.3 Å². The molecule has 0 saturated carbocycles. The number of carbonyl (C=O) groups is 1. The molecular weight excluding hydrogens is 282 g/mol. The standard InChI is InChI=1S/C16H27N3OS/c1-10(2)8-14-15(21-12(4)18-14)16(20)19-7-5-6-13(9-19)11(3)17/h10-11,13H,5-9,17H2,1-4H3. The molecule has 1 fully saturated rings. The molecule has 5 heteroatoms. The van der Waals surface area contributed by atoms with Crippen LogP contribution in [0.25, 0.3) is 0 Å². The van der Waals surface area contributed by atoms with Crippen molar-refractivity contribution in [2.24, 2.45) is 17.6 Å². The molecule has 0 spiro atoms. The van der Waals surface area contributed by atoms with E-state index in [0.29, 0.717) is 11.8 Å². The highest BCUT2D eigenvalue weighted by Gasteiger charge is 2.29. The van der Waals surface area contributed by atoms with Gasteiger partial charge in [-0.05, 0) is 44.9 Å². The van der Waals surface area contributed by atoms with E-state index < -0.39 is 0 Å². The second-order valence-electron chi connectivity index (χ2n) is 6.62. The van der Waals surface area contributed by atoms with Crippen LogP contribution in [0.1, 0.15) is 54.0 Å². The Kier molecular flexibility index (Phi) is 5.38. The summed E-state index contributed by atoms with van der Waals surface area (Å²) in [6.07, 6.45) is 3.05. The summed E-state index contributed by atoms with van der Waals surface area (Å²) in [4.78, 5) is 20.2. The van der Waals surface area contributed by atoms with Crippen molar-refractivity contribution in [3.05, 3.63) is 15.6 Å².